The molecule has 0 aliphatic carbocycles. The normalized spacial score (nSPS) is 18.9. The minimum Gasteiger partial charge on any atom is -0.279 e. The summed E-state index contributed by atoms with van der Waals surface area (Å²) in [5.74, 6) is 0. The van der Waals surface area contributed by atoms with Gasteiger partial charge in [0.1, 0.15) is 0 Å². The Balaban J connectivity index is 0.000000242. The summed E-state index contributed by atoms with van der Waals surface area (Å²) in [5.41, 5.74) is -4.41. The molecule has 4 nitrogen and oxygen atoms in total. The van der Waals surface area contributed by atoms with Gasteiger partial charge in [-0.05, 0) is 32.0 Å². The van der Waals surface area contributed by atoms with E-state index in [1.807, 2.05) is 6.07 Å². The van der Waals surface area contributed by atoms with Crippen LogP contribution in [0.25, 0.3) is 0 Å². The van der Waals surface area contributed by atoms with Crippen LogP contribution in [-0.4, -0.2) is 18.5 Å². The predicted octanol–water partition coefficient (Wildman–Crippen LogP) is 4.30. The number of rotatable bonds is 1. The van der Waals surface area contributed by atoms with Gasteiger partial charge in [0.2, 0.25) is 16.1 Å². The molecule has 0 fully saturated rings. The van der Waals surface area contributed by atoms with Crippen LogP contribution in [0.5, 0.6) is 0 Å². The number of fused-ring (bicyclic) bond motifs is 1. The Morgan fingerprint density at radius 2 is 1.48 bits per heavy atom. The van der Waals surface area contributed by atoms with Gasteiger partial charge in [0.15, 0.2) is 10.5 Å². The highest BCUT2D eigenvalue weighted by Gasteiger charge is 2.48. The molecular formula is C16H16F3O4S2+. The van der Waals surface area contributed by atoms with Gasteiger partial charge in [-0.1, -0.05) is 36.4 Å². The third-order valence-electron chi connectivity index (χ3n) is 3.28. The number of hydrogen-bond donors (Lipinski definition) is 1. The Bertz CT molecular complexity index is 834. The largest absolute Gasteiger partial charge is 0.522 e. The molecule has 0 bridgehead atoms. The maximum atomic E-state index is 10.7. The summed E-state index contributed by atoms with van der Waals surface area (Å²) in [6.07, 6.45) is 0. The van der Waals surface area contributed by atoms with Crippen LogP contribution >= 0.6 is 0 Å². The van der Waals surface area contributed by atoms with Crippen molar-refractivity contribution in [1.82, 2.24) is 0 Å². The average Bonchev–Trinajstić information content (AvgIpc) is 2.79. The minimum absolute atomic E-state index is 0.185. The Kier molecular flexibility index (Phi) is 5.53. The minimum atomic E-state index is -5.84. The molecule has 2 aromatic carbocycles. The summed E-state index contributed by atoms with van der Waals surface area (Å²) < 4.78 is 63.8. The maximum absolute atomic E-state index is 10.7. The molecule has 25 heavy (non-hydrogen) atoms. The molecule has 136 valence electrons. The molecule has 0 saturated heterocycles. The predicted molar refractivity (Wildman–Crippen MR) is 88.5 cm³/mol. The van der Waals surface area contributed by atoms with E-state index >= 15 is 0 Å². The lowest BCUT2D eigenvalue weighted by atomic mass is 9.99. The fourth-order valence-electron chi connectivity index (χ4n) is 2.14. The monoisotopic (exact) mass is 393 g/mol. The Morgan fingerprint density at radius 1 is 1.00 bits per heavy atom. The molecule has 0 radical (unpaired) electrons. The second kappa shape index (κ2) is 6.99. The van der Waals surface area contributed by atoms with Crippen LogP contribution in [0.15, 0.2) is 64.4 Å². The highest BCUT2D eigenvalue weighted by atomic mass is 32.2. The summed E-state index contributed by atoms with van der Waals surface area (Å²) in [5, 5.41) is 0. The molecule has 0 saturated carbocycles. The smallest absolute Gasteiger partial charge is 0.279 e. The summed E-state index contributed by atoms with van der Waals surface area (Å²) in [6.45, 7) is 4.28. The van der Waals surface area contributed by atoms with Gasteiger partial charge in [-0.2, -0.15) is 25.8 Å². The lowest BCUT2D eigenvalue weighted by molar-refractivity contribution is -0.0510. The van der Waals surface area contributed by atoms with Crippen molar-refractivity contribution in [3.63, 3.8) is 0 Å². The Hall–Kier alpha value is -1.55. The van der Waals surface area contributed by atoms with Gasteiger partial charge in [0.25, 0.3) is 0 Å². The first-order valence-electron chi connectivity index (χ1n) is 7.05. The van der Waals surface area contributed by atoms with E-state index in [0.717, 1.165) is 0 Å². The number of hydrogen-bond acceptors (Lipinski definition) is 3. The lowest BCUT2D eigenvalue weighted by Crippen LogP contribution is -2.21. The van der Waals surface area contributed by atoms with Gasteiger partial charge < -0.3 is 0 Å². The lowest BCUT2D eigenvalue weighted by Gasteiger charge is -2.11. The van der Waals surface area contributed by atoms with Crippen LogP contribution in [0.3, 0.4) is 0 Å². The van der Waals surface area contributed by atoms with Gasteiger partial charge in [0, 0.05) is 5.56 Å². The van der Waals surface area contributed by atoms with Crippen molar-refractivity contribution in [3.05, 3.63) is 60.2 Å². The van der Waals surface area contributed by atoms with Crippen molar-refractivity contribution in [2.75, 3.05) is 0 Å². The molecule has 2 aromatic rings. The SMILES string of the molecule is CC1(C)O[S+](c2ccccc2)c2ccccc21.O=S(=O)(O)C(F)(F)F. The van der Waals surface area contributed by atoms with Crippen molar-refractivity contribution >= 4 is 21.3 Å². The number of halogens is 3. The summed E-state index contributed by atoms with van der Waals surface area (Å²) in [7, 11) is -5.84. The maximum Gasteiger partial charge on any atom is 0.522 e. The van der Waals surface area contributed by atoms with Gasteiger partial charge in [-0.25, -0.2) is 0 Å². The van der Waals surface area contributed by atoms with Crippen molar-refractivity contribution in [2.24, 2.45) is 0 Å². The topological polar surface area (TPSA) is 63.6 Å². The molecule has 9 heteroatoms. The van der Waals surface area contributed by atoms with Gasteiger partial charge in [0.05, 0.1) is 0 Å². The van der Waals surface area contributed by atoms with Crippen molar-refractivity contribution < 1.29 is 30.3 Å². The van der Waals surface area contributed by atoms with E-state index in [1.54, 1.807) is 0 Å². The van der Waals surface area contributed by atoms with E-state index in [9.17, 15) is 13.2 Å². The summed E-state index contributed by atoms with van der Waals surface area (Å²) in [6, 6.07) is 19.0. The zero-order valence-electron chi connectivity index (χ0n) is 13.3. The van der Waals surface area contributed by atoms with E-state index in [4.69, 9.17) is 17.2 Å². The van der Waals surface area contributed by atoms with Crippen LogP contribution in [0.4, 0.5) is 13.2 Å². The first-order valence-corrected chi connectivity index (χ1v) is 9.64. The standard InChI is InChI=1S/C15H15OS.CHF3O3S/c1-15(2)13-10-6-7-11-14(13)17(16-15)12-8-4-3-5-9-12;2-1(3,4)8(5,6)7/h3-11H,1-2H3;(H,5,6,7)/q+1;. The first kappa shape index (κ1) is 19.8. The molecule has 1 aliphatic rings. The molecular weight excluding hydrogens is 377 g/mol. The van der Waals surface area contributed by atoms with E-state index in [2.05, 4.69) is 62.4 Å². The number of alkyl halides is 3. The van der Waals surface area contributed by atoms with Crippen LogP contribution < -0.4 is 0 Å². The van der Waals surface area contributed by atoms with Crippen LogP contribution in [0, 0.1) is 0 Å². The van der Waals surface area contributed by atoms with E-state index in [0.29, 0.717) is 0 Å². The highest BCUT2D eigenvalue weighted by molar-refractivity contribution is 7.92. The first-order chi connectivity index (χ1) is 11.4. The van der Waals surface area contributed by atoms with E-state index in [1.165, 1.54) is 15.4 Å². The van der Waals surface area contributed by atoms with Gasteiger partial charge in [-0.3, -0.25) is 4.55 Å². The summed E-state index contributed by atoms with van der Waals surface area (Å²) in [4.78, 5) is 2.58. The molecule has 3 rings (SSSR count). The van der Waals surface area contributed by atoms with Crippen LogP contribution in [-0.2, 0) is 31.1 Å². The summed E-state index contributed by atoms with van der Waals surface area (Å²) >= 11 is -0.235. The molecule has 1 unspecified atom stereocenters. The third-order valence-corrected chi connectivity index (χ3v) is 5.90. The molecule has 0 amide bonds. The molecule has 1 N–H and O–H groups in total. The highest BCUT2D eigenvalue weighted by Crippen LogP contribution is 2.44. The zero-order valence-corrected chi connectivity index (χ0v) is 15.0. The fraction of sp³-hybridized carbons (Fsp3) is 0.250. The van der Waals surface area contributed by atoms with Crippen LogP contribution in [0.2, 0.25) is 0 Å². The van der Waals surface area contributed by atoms with Gasteiger partial charge in [-0.15, -0.1) is 0 Å². The molecule has 0 spiro atoms. The molecule has 1 aliphatic heterocycles. The van der Waals surface area contributed by atoms with Crippen molar-refractivity contribution in [3.8, 4) is 0 Å². The van der Waals surface area contributed by atoms with Crippen LogP contribution in [0.1, 0.15) is 19.4 Å². The fourth-order valence-corrected chi connectivity index (χ4v) is 4.21. The second-order valence-electron chi connectivity index (χ2n) is 5.59. The quantitative estimate of drug-likeness (QED) is 0.446. The Morgan fingerprint density at radius 3 is 2.00 bits per heavy atom. The Labute approximate surface area is 146 Å². The van der Waals surface area contributed by atoms with Crippen molar-refractivity contribution in [1.29, 1.82) is 0 Å². The van der Waals surface area contributed by atoms with Gasteiger partial charge >= 0.3 is 15.6 Å². The molecule has 1 atom stereocenters. The van der Waals surface area contributed by atoms with E-state index < -0.39 is 15.6 Å². The second-order valence-corrected chi connectivity index (χ2v) is 8.62. The number of benzene rings is 2. The third kappa shape index (κ3) is 4.55. The van der Waals surface area contributed by atoms with E-state index in [-0.39, 0.29) is 16.8 Å². The molecule has 1 heterocycles. The van der Waals surface area contributed by atoms with Crippen molar-refractivity contribution in [2.45, 2.75) is 34.7 Å². The molecule has 0 aromatic heterocycles. The zero-order chi connectivity index (χ0) is 18.9. The average molecular weight is 393 g/mol.